The van der Waals surface area contributed by atoms with Crippen LogP contribution in [0.2, 0.25) is 0 Å². The predicted molar refractivity (Wildman–Crippen MR) is 171 cm³/mol. The number of aliphatic hydroxyl groups is 1. The summed E-state index contributed by atoms with van der Waals surface area (Å²) in [4.78, 5) is 11.5. The number of phenolic OH excluding ortho intramolecular Hbond substituents is 1. The van der Waals surface area contributed by atoms with Gasteiger partial charge in [0.25, 0.3) is 0 Å². The number of aromatic hydroxyl groups is 1. The van der Waals surface area contributed by atoms with Crippen molar-refractivity contribution in [1.29, 1.82) is 0 Å². The largest absolute Gasteiger partial charge is 0.508 e. The molecule has 0 spiro atoms. The lowest BCUT2D eigenvalue weighted by molar-refractivity contribution is -0.132. The Morgan fingerprint density at radius 1 is 0.500 bits per heavy atom. The van der Waals surface area contributed by atoms with E-state index in [1.807, 2.05) is 0 Å². The fourth-order valence-electron chi connectivity index (χ4n) is 5.51. The molecule has 3 N–H and O–H groups in total. The molecule has 1 aromatic carbocycles. The summed E-state index contributed by atoms with van der Waals surface area (Å²) in [6.07, 6.45) is 35.4. The standard InChI is InChI=1S/C36H62O4/c37-31-25-23-21-19-17-15-13-11-9-7-5-3-1-2-4-6-8-10-12-14-16-18-20-22-24-26-34(36(39)40)32-33-27-29-35(38)30-28-33/h27-30,32,37-38H,1-26,31H2,(H,39,40). The van der Waals surface area contributed by atoms with Crippen LogP contribution in [-0.4, -0.2) is 27.9 Å². The van der Waals surface area contributed by atoms with Crippen molar-refractivity contribution in [2.75, 3.05) is 6.61 Å². The minimum Gasteiger partial charge on any atom is -0.508 e. The Balaban J connectivity index is 1.79. The highest BCUT2D eigenvalue weighted by Crippen LogP contribution is 2.19. The maximum atomic E-state index is 11.5. The van der Waals surface area contributed by atoms with E-state index in [-0.39, 0.29) is 5.75 Å². The van der Waals surface area contributed by atoms with Crippen LogP contribution in [0.3, 0.4) is 0 Å². The average molecular weight is 559 g/mol. The van der Waals surface area contributed by atoms with Crippen molar-refractivity contribution in [2.24, 2.45) is 0 Å². The minimum atomic E-state index is -0.845. The summed E-state index contributed by atoms with van der Waals surface area (Å²) in [5, 5.41) is 27.6. The summed E-state index contributed by atoms with van der Waals surface area (Å²) in [5.41, 5.74) is 1.27. The van der Waals surface area contributed by atoms with Crippen molar-refractivity contribution in [3.63, 3.8) is 0 Å². The molecular weight excluding hydrogens is 496 g/mol. The molecule has 0 heterocycles. The Labute approximate surface area is 246 Å². The Kier molecular flexibility index (Phi) is 24.8. The third-order valence-electron chi connectivity index (χ3n) is 8.11. The van der Waals surface area contributed by atoms with Crippen molar-refractivity contribution < 1.29 is 20.1 Å². The number of aliphatic hydroxyl groups excluding tert-OH is 1. The molecule has 0 unspecified atom stereocenters. The van der Waals surface area contributed by atoms with Crippen LogP contribution in [0.1, 0.15) is 173 Å². The van der Waals surface area contributed by atoms with E-state index in [0.717, 1.165) is 24.8 Å². The van der Waals surface area contributed by atoms with Crippen LogP contribution in [-0.2, 0) is 4.79 Å². The number of carbonyl (C=O) groups is 1. The van der Waals surface area contributed by atoms with E-state index >= 15 is 0 Å². The van der Waals surface area contributed by atoms with Crippen LogP contribution in [0.4, 0.5) is 0 Å². The number of carboxylic acid groups (broad SMARTS) is 1. The van der Waals surface area contributed by atoms with Crippen molar-refractivity contribution in [1.82, 2.24) is 0 Å². The highest BCUT2D eigenvalue weighted by atomic mass is 16.4. The number of carboxylic acids is 1. The van der Waals surface area contributed by atoms with E-state index in [1.165, 1.54) is 141 Å². The van der Waals surface area contributed by atoms with E-state index in [2.05, 4.69) is 0 Å². The summed E-state index contributed by atoms with van der Waals surface area (Å²) >= 11 is 0. The third kappa shape index (κ3) is 22.9. The molecule has 0 saturated heterocycles. The zero-order valence-electron chi connectivity index (χ0n) is 25.7. The van der Waals surface area contributed by atoms with Gasteiger partial charge in [0.2, 0.25) is 0 Å². The summed E-state index contributed by atoms with van der Waals surface area (Å²) in [7, 11) is 0. The lowest BCUT2D eigenvalue weighted by atomic mass is 10.0. The first-order valence-corrected chi connectivity index (χ1v) is 17.0. The molecule has 40 heavy (non-hydrogen) atoms. The second-order valence-electron chi connectivity index (χ2n) is 11.9. The van der Waals surface area contributed by atoms with E-state index in [9.17, 15) is 15.0 Å². The van der Waals surface area contributed by atoms with Gasteiger partial charge in [-0.05, 0) is 43.0 Å². The maximum absolute atomic E-state index is 11.5. The Morgan fingerprint density at radius 2 is 0.800 bits per heavy atom. The summed E-state index contributed by atoms with van der Waals surface area (Å²) < 4.78 is 0. The fraction of sp³-hybridized carbons (Fsp3) is 0.750. The Morgan fingerprint density at radius 3 is 1.10 bits per heavy atom. The van der Waals surface area contributed by atoms with E-state index in [4.69, 9.17) is 5.11 Å². The van der Waals surface area contributed by atoms with E-state index in [0.29, 0.717) is 18.6 Å². The number of hydrogen-bond acceptors (Lipinski definition) is 3. The molecule has 0 aliphatic heterocycles. The highest BCUT2D eigenvalue weighted by Gasteiger charge is 2.07. The molecule has 230 valence electrons. The molecule has 0 aliphatic rings. The molecule has 0 radical (unpaired) electrons. The second-order valence-corrected chi connectivity index (χ2v) is 11.9. The van der Waals surface area contributed by atoms with E-state index < -0.39 is 5.97 Å². The van der Waals surface area contributed by atoms with Gasteiger partial charge in [0.1, 0.15) is 5.75 Å². The topological polar surface area (TPSA) is 77.8 Å². The van der Waals surface area contributed by atoms with Crippen LogP contribution >= 0.6 is 0 Å². The molecule has 0 fully saturated rings. The monoisotopic (exact) mass is 558 g/mol. The second kappa shape index (κ2) is 27.4. The van der Waals surface area contributed by atoms with Gasteiger partial charge >= 0.3 is 5.97 Å². The van der Waals surface area contributed by atoms with Gasteiger partial charge in [-0.3, -0.25) is 0 Å². The molecular formula is C36H62O4. The van der Waals surface area contributed by atoms with Crippen molar-refractivity contribution in [2.45, 2.75) is 167 Å². The molecule has 0 aromatic heterocycles. The molecule has 0 bridgehead atoms. The number of phenols is 1. The maximum Gasteiger partial charge on any atom is 0.331 e. The first-order valence-electron chi connectivity index (χ1n) is 17.0. The van der Waals surface area contributed by atoms with Crippen LogP contribution in [0.15, 0.2) is 29.8 Å². The molecule has 4 nitrogen and oxygen atoms in total. The van der Waals surface area contributed by atoms with Crippen LogP contribution in [0.25, 0.3) is 6.08 Å². The Hall–Kier alpha value is -1.81. The lowest BCUT2D eigenvalue weighted by Crippen LogP contribution is -2.00. The predicted octanol–water partition coefficient (Wildman–Crippen LogP) is 11.0. The van der Waals surface area contributed by atoms with Gasteiger partial charge in [0.15, 0.2) is 0 Å². The molecule has 0 amide bonds. The number of rotatable bonds is 29. The molecule has 4 heteroatoms. The fourth-order valence-corrected chi connectivity index (χ4v) is 5.51. The quantitative estimate of drug-likeness (QED) is 0.0675. The van der Waals surface area contributed by atoms with Gasteiger partial charge in [0.05, 0.1) is 0 Å². The molecule has 0 saturated carbocycles. The lowest BCUT2D eigenvalue weighted by Gasteiger charge is -2.05. The van der Waals surface area contributed by atoms with Crippen LogP contribution < -0.4 is 0 Å². The number of aliphatic carboxylic acids is 1. The third-order valence-corrected chi connectivity index (χ3v) is 8.11. The van der Waals surface area contributed by atoms with Crippen molar-refractivity contribution in [3.8, 4) is 5.75 Å². The normalized spacial score (nSPS) is 11.8. The molecule has 1 rings (SSSR count). The van der Waals surface area contributed by atoms with Gasteiger partial charge in [-0.1, -0.05) is 160 Å². The van der Waals surface area contributed by atoms with Gasteiger partial charge in [-0.25, -0.2) is 4.79 Å². The van der Waals surface area contributed by atoms with Crippen LogP contribution in [0.5, 0.6) is 5.75 Å². The molecule has 1 aromatic rings. The summed E-state index contributed by atoms with van der Waals surface area (Å²) in [5.74, 6) is -0.649. The summed E-state index contributed by atoms with van der Waals surface area (Å²) in [6, 6.07) is 6.66. The van der Waals surface area contributed by atoms with Crippen molar-refractivity contribution in [3.05, 3.63) is 35.4 Å². The van der Waals surface area contributed by atoms with Gasteiger partial charge in [-0.2, -0.15) is 0 Å². The molecule has 0 aliphatic carbocycles. The van der Waals surface area contributed by atoms with Gasteiger partial charge in [0, 0.05) is 12.2 Å². The number of benzene rings is 1. The highest BCUT2D eigenvalue weighted by molar-refractivity contribution is 5.92. The summed E-state index contributed by atoms with van der Waals surface area (Å²) in [6.45, 7) is 0.357. The SMILES string of the molecule is O=C(O)C(=Cc1ccc(O)cc1)CCCCCCCCCCCCCCCCCCCCCCCCCCCO. The van der Waals surface area contributed by atoms with Crippen molar-refractivity contribution >= 4 is 12.0 Å². The molecule has 0 atom stereocenters. The van der Waals surface area contributed by atoms with Crippen LogP contribution in [0, 0.1) is 0 Å². The van der Waals surface area contributed by atoms with E-state index in [1.54, 1.807) is 30.3 Å². The van der Waals surface area contributed by atoms with Gasteiger partial charge < -0.3 is 15.3 Å². The smallest absolute Gasteiger partial charge is 0.331 e. The van der Waals surface area contributed by atoms with Gasteiger partial charge in [-0.15, -0.1) is 0 Å². The first kappa shape index (κ1) is 36.2. The Bertz CT molecular complexity index is 725. The average Bonchev–Trinajstić information content (AvgIpc) is 2.95. The first-order chi connectivity index (χ1) is 19.6. The zero-order valence-corrected chi connectivity index (χ0v) is 25.7. The zero-order chi connectivity index (χ0) is 28.9. The number of unbranched alkanes of at least 4 members (excludes halogenated alkanes) is 24. The number of hydrogen-bond donors (Lipinski definition) is 3. The minimum absolute atomic E-state index is 0.195.